The Hall–Kier alpha value is -2.96. The van der Waals surface area contributed by atoms with Crippen molar-refractivity contribution in [1.29, 1.82) is 0 Å². The second kappa shape index (κ2) is 7.34. The Kier molecular flexibility index (Phi) is 4.75. The Morgan fingerprint density at radius 3 is 2.89 bits per heavy atom. The number of carbonyl (C=O) groups excluding carboxylic acids is 1. The highest BCUT2D eigenvalue weighted by molar-refractivity contribution is 5.92. The smallest absolute Gasteiger partial charge is 0.272 e. The molecule has 3 heterocycles. The van der Waals surface area contributed by atoms with Gasteiger partial charge in [-0.3, -0.25) is 14.6 Å². The Balaban J connectivity index is 1.57. The summed E-state index contributed by atoms with van der Waals surface area (Å²) in [5.41, 5.74) is 3.52. The summed E-state index contributed by atoms with van der Waals surface area (Å²) in [6.45, 7) is 4.01. The number of likely N-dealkylation sites (tertiary alicyclic amines) is 1. The zero-order valence-corrected chi connectivity index (χ0v) is 15.2. The second-order valence-corrected chi connectivity index (χ2v) is 6.83. The van der Waals surface area contributed by atoms with Gasteiger partial charge in [-0.2, -0.15) is 10.2 Å². The second-order valence-electron chi connectivity index (χ2n) is 6.83. The van der Waals surface area contributed by atoms with Gasteiger partial charge in [-0.15, -0.1) is 0 Å². The molecule has 0 unspecified atom stereocenters. The summed E-state index contributed by atoms with van der Waals surface area (Å²) >= 11 is 0. The van der Waals surface area contributed by atoms with Gasteiger partial charge in [-0.05, 0) is 43.5 Å². The molecule has 7 heteroatoms. The highest BCUT2D eigenvalue weighted by Crippen LogP contribution is 2.33. The van der Waals surface area contributed by atoms with Crippen LogP contribution in [0.15, 0.2) is 42.7 Å². The quantitative estimate of drug-likeness (QED) is 0.768. The number of rotatable bonds is 4. The summed E-state index contributed by atoms with van der Waals surface area (Å²) in [7, 11) is 0. The van der Waals surface area contributed by atoms with Gasteiger partial charge >= 0.3 is 0 Å². The van der Waals surface area contributed by atoms with Gasteiger partial charge < -0.3 is 4.90 Å². The fourth-order valence-corrected chi connectivity index (χ4v) is 3.79. The summed E-state index contributed by atoms with van der Waals surface area (Å²) in [6, 6.07) is 8.20. The number of aryl methyl sites for hydroxylation is 1. The molecule has 4 rings (SSSR count). The molecule has 1 aliphatic rings. The molecule has 6 nitrogen and oxygen atoms in total. The molecule has 27 heavy (non-hydrogen) atoms. The lowest BCUT2D eigenvalue weighted by molar-refractivity contribution is 0.0693. The third-order valence-electron chi connectivity index (χ3n) is 5.18. The van der Waals surface area contributed by atoms with Crippen molar-refractivity contribution in [1.82, 2.24) is 24.9 Å². The van der Waals surface area contributed by atoms with Gasteiger partial charge in [-0.25, -0.2) is 4.39 Å². The first-order valence-electron chi connectivity index (χ1n) is 9.27. The number of nitrogens with one attached hydrogen (secondary N) is 1. The molecule has 0 saturated carbocycles. The number of piperidine rings is 1. The van der Waals surface area contributed by atoms with Crippen LogP contribution in [0.3, 0.4) is 0 Å². The number of carbonyl (C=O) groups is 1. The molecule has 0 aliphatic carbocycles. The molecule has 2 aromatic heterocycles. The highest BCUT2D eigenvalue weighted by atomic mass is 19.1. The highest BCUT2D eigenvalue weighted by Gasteiger charge is 2.29. The molecule has 3 aromatic rings. The van der Waals surface area contributed by atoms with Crippen molar-refractivity contribution in [3.8, 4) is 11.1 Å². The molecular weight excluding hydrogens is 345 g/mol. The van der Waals surface area contributed by atoms with Crippen LogP contribution in [0.2, 0.25) is 0 Å². The minimum atomic E-state index is -0.259. The van der Waals surface area contributed by atoms with Gasteiger partial charge in [-0.1, -0.05) is 12.1 Å². The molecule has 0 bridgehead atoms. The molecule has 1 amide bonds. The maximum absolute atomic E-state index is 13.2. The molecule has 140 valence electrons. The van der Waals surface area contributed by atoms with Crippen LogP contribution in [0.4, 0.5) is 4.39 Å². The third-order valence-corrected chi connectivity index (χ3v) is 5.18. The summed E-state index contributed by atoms with van der Waals surface area (Å²) in [5, 5.41) is 11.5. The van der Waals surface area contributed by atoms with Crippen LogP contribution in [0.5, 0.6) is 0 Å². The first-order valence-corrected chi connectivity index (χ1v) is 9.27. The van der Waals surface area contributed by atoms with E-state index in [1.54, 1.807) is 35.3 Å². The van der Waals surface area contributed by atoms with Gasteiger partial charge in [0.2, 0.25) is 0 Å². The maximum Gasteiger partial charge on any atom is 0.272 e. The number of hydrogen-bond donors (Lipinski definition) is 1. The Morgan fingerprint density at radius 1 is 1.30 bits per heavy atom. The van der Waals surface area contributed by atoms with Crippen LogP contribution in [-0.2, 0) is 6.54 Å². The Labute approximate surface area is 157 Å². The first-order chi connectivity index (χ1) is 13.2. The number of benzene rings is 1. The number of aromatic amines is 1. The van der Waals surface area contributed by atoms with Crippen LogP contribution in [0.1, 0.15) is 41.9 Å². The lowest BCUT2D eigenvalue weighted by atomic mass is 9.90. The number of amides is 1. The zero-order chi connectivity index (χ0) is 18.8. The fraction of sp³-hybridized carbons (Fsp3) is 0.350. The number of halogens is 1. The number of aromatic nitrogens is 4. The van der Waals surface area contributed by atoms with E-state index in [0.29, 0.717) is 18.8 Å². The summed E-state index contributed by atoms with van der Waals surface area (Å²) in [4.78, 5) is 14.8. The monoisotopic (exact) mass is 367 g/mol. The number of nitrogens with zero attached hydrogens (tertiary/aromatic N) is 4. The van der Waals surface area contributed by atoms with Crippen LogP contribution >= 0.6 is 0 Å². The molecule has 1 fully saturated rings. The average Bonchev–Trinajstić information content (AvgIpc) is 3.37. The average molecular weight is 367 g/mol. The van der Waals surface area contributed by atoms with Crippen molar-refractivity contribution in [3.05, 3.63) is 59.9 Å². The van der Waals surface area contributed by atoms with E-state index < -0.39 is 0 Å². The van der Waals surface area contributed by atoms with E-state index in [1.165, 1.54) is 12.1 Å². The Bertz CT molecular complexity index is 930. The molecule has 0 radical (unpaired) electrons. The largest absolute Gasteiger partial charge is 0.337 e. The molecule has 1 N–H and O–H groups in total. The first kappa shape index (κ1) is 17.5. The van der Waals surface area contributed by atoms with Crippen molar-refractivity contribution < 1.29 is 9.18 Å². The normalized spacial score (nSPS) is 17.3. The van der Waals surface area contributed by atoms with E-state index >= 15 is 0 Å². The SMILES string of the molecule is CCn1nccc1C(=O)N1CCC[C@@H](c2[nH]ncc2-c2ccc(F)cc2)C1. The van der Waals surface area contributed by atoms with Crippen molar-refractivity contribution in [3.63, 3.8) is 0 Å². The van der Waals surface area contributed by atoms with Crippen molar-refractivity contribution in [2.75, 3.05) is 13.1 Å². The van der Waals surface area contributed by atoms with Gasteiger partial charge in [0, 0.05) is 43.0 Å². The maximum atomic E-state index is 13.2. The summed E-state index contributed by atoms with van der Waals surface area (Å²) in [5.74, 6) is -0.0732. The van der Waals surface area contributed by atoms with Crippen molar-refractivity contribution in [2.24, 2.45) is 0 Å². The van der Waals surface area contributed by atoms with Crippen LogP contribution in [-0.4, -0.2) is 43.9 Å². The minimum absolute atomic E-state index is 0.0156. The van der Waals surface area contributed by atoms with Crippen molar-refractivity contribution >= 4 is 5.91 Å². The van der Waals surface area contributed by atoms with Crippen LogP contribution in [0, 0.1) is 5.82 Å². The molecular formula is C20H22FN5O. The van der Waals surface area contributed by atoms with Crippen molar-refractivity contribution in [2.45, 2.75) is 32.2 Å². The van der Waals surface area contributed by atoms with Crippen LogP contribution in [0.25, 0.3) is 11.1 Å². The fourth-order valence-electron chi connectivity index (χ4n) is 3.79. The topological polar surface area (TPSA) is 66.8 Å². The minimum Gasteiger partial charge on any atom is -0.337 e. The van der Waals surface area contributed by atoms with E-state index in [1.807, 2.05) is 11.8 Å². The summed E-state index contributed by atoms with van der Waals surface area (Å²) < 4.78 is 15.0. The van der Waals surface area contributed by atoms with E-state index in [4.69, 9.17) is 0 Å². The predicted octanol–water partition coefficient (Wildman–Crippen LogP) is 3.45. The molecule has 1 saturated heterocycles. The summed E-state index contributed by atoms with van der Waals surface area (Å²) in [6.07, 6.45) is 5.35. The number of hydrogen-bond acceptors (Lipinski definition) is 3. The molecule has 1 atom stereocenters. The molecule has 1 aliphatic heterocycles. The Morgan fingerprint density at radius 2 is 2.11 bits per heavy atom. The molecule has 0 spiro atoms. The lowest BCUT2D eigenvalue weighted by Gasteiger charge is -2.32. The standard InChI is InChI=1S/C20H22FN5O/c1-2-26-18(9-10-23-26)20(27)25-11-3-4-15(13-25)19-17(12-22-24-19)14-5-7-16(21)8-6-14/h5-10,12,15H,2-4,11,13H2,1H3,(H,22,24)/t15-/m1/s1. The van der Waals surface area contributed by atoms with E-state index in [2.05, 4.69) is 15.3 Å². The van der Waals surface area contributed by atoms with Gasteiger partial charge in [0.05, 0.1) is 6.20 Å². The molecule has 1 aromatic carbocycles. The van der Waals surface area contributed by atoms with Gasteiger partial charge in [0.15, 0.2) is 0 Å². The van der Waals surface area contributed by atoms with E-state index in [0.717, 1.165) is 36.2 Å². The van der Waals surface area contributed by atoms with Gasteiger partial charge in [0.1, 0.15) is 11.5 Å². The zero-order valence-electron chi connectivity index (χ0n) is 15.2. The third kappa shape index (κ3) is 3.37. The van der Waals surface area contributed by atoms with Gasteiger partial charge in [0.25, 0.3) is 5.91 Å². The van der Waals surface area contributed by atoms with Crippen LogP contribution < -0.4 is 0 Å². The van der Waals surface area contributed by atoms with E-state index in [-0.39, 0.29) is 17.6 Å². The number of H-pyrrole nitrogens is 1. The lowest BCUT2D eigenvalue weighted by Crippen LogP contribution is -2.40. The predicted molar refractivity (Wildman–Crippen MR) is 99.8 cm³/mol. The van der Waals surface area contributed by atoms with E-state index in [9.17, 15) is 9.18 Å².